The van der Waals surface area contributed by atoms with Gasteiger partial charge in [-0.05, 0) is 12.8 Å². The van der Waals surface area contributed by atoms with Crippen LogP contribution in [0.4, 0.5) is 0 Å². The molecule has 2 rings (SSSR count). The van der Waals surface area contributed by atoms with Crippen LogP contribution in [0.25, 0.3) is 0 Å². The fraction of sp³-hybridized carbons (Fsp3) is 0.875. The molecule has 2 N–H and O–H groups in total. The summed E-state index contributed by atoms with van der Waals surface area (Å²) in [5.74, 6) is -0.177. The summed E-state index contributed by atoms with van der Waals surface area (Å²) >= 11 is 0. The Morgan fingerprint density at radius 2 is 2.33 bits per heavy atom. The Morgan fingerprint density at radius 3 is 2.83 bits per heavy atom. The SMILES string of the molecule is COC(=O)[C@H]1N[C@@H]2CC(O)[C@H]1C2. The molecule has 1 heterocycles. The first-order chi connectivity index (χ1) is 5.72. The standard InChI is InChI=1S/C8H13NO3/c1-12-8(11)7-5-2-4(9-7)3-6(5)10/h4-7,9-10H,2-3H2,1H3/t4-,5+,6?,7-/m0/s1. The third-order valence-electron chi connectivity index (χ3n) is 2.88. The molecule has 1 aliphatic carbocycles. The average molecular weight is 171 g/mol. The Balaban J connectivity index is 2.07. The number of aliphatic hydroxyl groups excluding tert-OH is 1. The predicted molar refractivity (Wildman–Crippen MR) is 41.5 cm³/mol. The van der Waals surface area contributed by atoms with Gasteiger partial charge in [0.2, 0.25) is 0 Å². The molecule has 2 bridgehead atoms. The van der Waals surface area contributed by atoms with Gasteiger partial charge in [-0.1, -0.05) is 0 Å². The number of carbonyl (C=O) groups excluding carboxylic acids is 1. The molecule has 4 nitrogen and oxygen atoms in total. The zero-order valence-corrected chi connectivity index (χ0v) is 6.99. The smallest absolute Gasteiger partial charge is 0.323 e. The molecule has 68 valence electrons. The second-order valence-corrected chi connectivity index (χ2v) is 3.57. The lowest BCUT2D eigenvalue weighted by atomic mass is 9.97. The summed E-state index contributed by atoms with van der Waals surface area (Å²) in [5.41, 5.74) is 0. The fourth-order valence-corrected chi connectivity index (χ4v) is 2.29. The average Bonchev–Trinajstić information content (AvgIpc) is 2.60. The monoisotopic (exact) mass is 171 g/mol. The van der Waals surface area contributed by atoms with Gasteiger partial charge in [0.15, 0.2) is 0 Å². The highest BCUT2D eigenvalue weighted by atomic mass is 16.5. The van der Waals surface area contributed by atoms with E-state index >= 15 is 0 Å². The maximum absolute atomic E-state index is 11.2. The third kappa shape index (κ3) is 1.03. The summed E-state index contributed by atoms with van der Waals surface area (Å²) in [6.07, 6.45) is 1.36. The molecule has 2 aliphatic rings. The molecule has 0 spiro atoms. The quantitative estimate of drug-likeness (QED) is 0.511. The number of methoxy groups -OCH3 is 1. The number of hydrogen-bond donors (Lipinski definition) is 2. The molecule has 0 aromatic rings. The highest BCUT2D eigenvalue weighted by Crippen LogP contribution is 2.35. The number of fused-ring (bicyclic) bond motifs is 2. The molecule has 1 aliphatic heterocycles. The van der Waals surface area contributed by atoms with Crippen LogP contribution >= 0.6 is 0 Å². The number of nitrogens with one attached hydrogen (secondary N) is 1. The Bertz CT molecular complexity index is 206. The number of carbonyl (C=O) groups is 1. The molecule has 2 fully saturated rings. The van der Waals surface area contributed by atoms with E-state index in [1.807, 2.05) is 0 Å². The number of ether oxygens (including phenoxy) is 1. The summed E-state index contributed by atoms with van der Waals surface area (Å²) in [5, 5.41) is 12.6. The van der Waals surface area contributed by atoms with Crippen molar-refractivity contribution in [1.82, 2.24) is 5.32 Å². The van der Waals surface area contributed by atoms with Crippen molar-refractivity contribution in [2.24, 2.45) is 5.92 Å². The lowest BCUT2D eigenvalue weighted by Crippen LogP contribution is -2.47. The lowest BCUT2D eigenvalue weighted by molar-refractivity contribution is -0.145. The Hall–Kier alpha value is -0.610. The van der Waals surface area contributed by atoms with Crippen LogP contribution in [0.5, 0.6) is 0 Å². The highest BCUT2D eigenvalue weighted by Gasteiger charge is 2.48. The van der Waals surface area contributed by atoms with Gasteiger partial charge in [-0.3, -0.25) is 4.79 Å². The van der Waals surface area contributed by atoms with Crippen LogP contribution in [0.3, 0.4) is 0 Å². The molecule has 0 aromatic carbocycles. The topological polar surface area (TPSA) is 58.6 Å². The van der Waals surface area contributed by atoms with Crippen LogP contribution in [0.1, 0.15) is 12.8 Å². The van der Waals surface area contributed by atoms with E-state index in [1.165, 1.54) is 7.11 Å². The van der Waals surface area contributed by atoms with Crippen molar-refractivity contribution in [2.45, 2.75) is 31.0 Å². The minimum Gasteiger partial charge on any atom is -0.468 e. The van der Waals surface area contributed by atoms with Gasteiger partial charge in [-0.15, -0.1) is 0 Å². The molecule has 4 atom stereocenters. The van der Waals surface area contributed by atoms with Crippen molar-refractivity contribution in [3.63, 3.8) is 0 Å². The first kappa shape index (κ1) is 8.01. The van der Waals surface area contributed by atoms with Gasteiger partial charge in [-0.2, -0.15) is 0 Å². The van der Waals surface area contributed by atoms with Crippen molar-refractivity contribution < 1.29 is 14.6 Å². The van der Waals surface area contributed by atoms with E-state index in [0.29, 0.717) is 6.04 Å². The zero-order valence-electron chi connectivity index (χ0n) is 6.99. The molecule has 0 aromatic heterocycles. The maximum atomic E-state index is 11.2. The van der Waals surface area contributed by atoms with Crippen molar-refractivity contribution in [3.8, 4) is 0 Å². The van der Waals surface area contributed by atoms with Crippen LogP contribution in [-0.2, 0) is 9.53 Å². The van der Waals surface area contributed by atoms with Crippen LogP contribution in [0.15, 0.2) is 0 Å². The number of aliphatic hydroxyl groups is 1. The van der Waals surface area contributed by atoms with Crippen molar-refractivity contribution >= 4 is 5.97 Å². The Morgan fingerprint density at radius 1 is 1.58 bits per heavy atom. The van der Waals surface area contributed by atoms with E-state index in [2.05, 4.69) is 10.1 Å². The Kier molecular flexibility index (Phi) is 1.81. The summed E-state index contributed by atoms with van der Waals surface area (Å²) < 4.78 is 4.62. The first-order valence-corrected chi connectivity index (χ1v) is 4.24. The highest BCUT2D eigenvalue weighted by molar-refractivity contribution is 5.77. The van der Waals surface area contributed by atoms with Gasteiger partial charge in [0.05, 0.1) is 13.2 Å². The minimum atomic E-state index is -0.319. The number of rotatable bonds is 1. The molecule has 12 heavy (non-hydrogen) atoms. The predicted octanol–water partition coefficient (Wildman–Crippen LogP) is -0.729. The van der Waals surface area contributed by atoms with Gasteiger partial charge in [-0.25, -0.2) is 0 Å². The summed E-state index contributed by atoms with van der Waals surface area (Å²) in [7, 11) is 1.38. The van der Waals surface area contributed by atoms with E-state index in [-0.39, 0.29) is 24.0 Å². The van der Waals surface area contributed by atoms with Crippen molar-refractivity contribution in [3.05, 3.63) is 0 Å². The molecule has 0 radical (unpaired) electrons. The van der Waals surface area contributed by atoms with Crippen LogP contribution in [0.2, 0.25) is 0 Å². The largest absolute Gasteiger partial charge is 0.468 e. The molecule has 4 heteroatoms. The summed E-state index contributed by atoms with van der Waals surface area (Å²) in [6.45, 7) is 0. The van der Waals surface area contributed by atoms with Gasteiger partial charge in [0.1, 0.15) is 6.04 Å². The van der Waals surface area contributed by atoms with Crippen LogP contribution in [0, 0.1) is 5.92 Å². The van der Waals surface area contributed by atoms with E-state index in [0.717, 1.165) is 12.8 Å². The van der Waals surface area contributed by atoms with E-state index in [4.69, 9.17) is 0 Å². The third-order valence-corrected chi connectivity index (χ3v) is 2.88. The second-order valence-electron chi connectivity index (χ2n) is 3.57. The number of esters is 1. The number of hydrogen-bond acceptors (Lipinski definition) is 4. The molecule has 0 amide bonds. The zero-order chi connectivity index (χ0) is 8.72. The lowest BCUT2D eigenvalue weighted by Gasteiger charge is -2.24. The van der Waals surface area contributed by atoms with E-state index < -0.39 is 0 Å². The fourth-order valence-electron chi connectivity index (χ4n) is 2.29. The van der Waals surface area contributed by atoms with Gasteiger partial charge in [0.25, 0.3) is 0 Å². The molecule has 1 saturated carbocycles. The molecule has 1 saturated heterocycles. The summed E-state index contributed by atoms with van der Waals surface area (Å²) in [4.78, 5) is 11.2. The van der Waals surface area contributed by atoms with Gasteiger partial charge >= 0.3 is 5.97 Å². The van der Waals surface area contributed by atoms with Gasteiger partial charge in [0, 0.05) is 12.0 Å². The number of piperidine rings is 1. The molecular formula is C8H13NO3. The maximum Gasteiger partial charge on any atom is 0.323 e. The van der Waals surface area contributed by atoms with E-state index in [1.54, 1.807) is 0 Å². The Labute approximate surface area is 70.9 Å². The first-order valence-electron chi connectivity index (χ1n) is 4.24. The molecular weight excluding hydrogens is 158 g/mol. The van der Waals surface area contributed by atoms with Gasteiger partial charge < -0.3 is 15.2 Å². The minimum absolute atomic E-state index is 0.0717. The second kappa shape index (κ2) is 2.71. The van der Waals surface area contributed by atoms with E-state index in [9.17, 15) is 9.90 Å². The molecule has 1 unspecified atom stereocenters. The normalized spacial score (nSPS) is 44.8. The van der Waals surface area contributed by atoms with Crippen LogP contribution in [-0.4, -0.2) is 36.4 Å². The van der Waals surface area contributed by atoms with Crippen LogP contribution < -0.4 is 5.32 Å². The van der Waals surface area contributed by atoms with Crippen molar-refractivity contribution in [1.29, 1.82) is 0 Å². The van der Waals surface area contributed by atoms with Crippen molar-refractivity contribution in [2.75, 3.05) is 7.11 Å². The summed E-state index contributed by atoms with van der Waals surface area (Å²) in [6, 6.07) is 0.0397.